The molecule has 0 fully saturated rings. The van der Waals surface area contributed by atoms with Crippen LogP contribution in [0.25, 0.3) is 0 Å². The number of ether oxygens (including phenoxy) is 1. The summed E-state index contributed by atoms with van der Waals surface area (Å²) >= 11 is 5.39. The van der Waals surface area contributed by atoms with E-state index < -0.39 is 0 Å². The number of rotatable bonds is 6. The van der Waals surface area contributed by atoms with Gasteiger partial charge in [0.1, 0.15) is 12.4 Å². The van der Waals surface area contributed by atoms with E-state index in [0.29, 0.717) is 17.6 Å². The molecule has 2 N–H and O–H groups in total. The highest BCUT2D eigenvalue weighted by Crippen LogP contribution is 2.18. The quantitative estimate of drug-likeness (QED) is 0.699. The average molecular weight is 357 g/mol. The molecule has 0 aliphatic rings. The van der Waals surface area contributed by atoms with Gasteiger partial charge in [-0.15, -0.1) is 0 Å². The first kappa shape index (κ1) is 19.3. The zero-order chi connectivity index (χ0) is 18.4. The maximum Gasteiger partial charge on any atom is 0.171 e. The van der Waals surface area contributed by atoms with Crippen molar-refractivity contribution in [1.29, 1.82) is 0 Å². The minimum Gasteiger partial charge on any atom is -0.491 e. The Balaban J connectivity index is 1.80. The highest BCUT2D eigenvalue weighted by atomic mass is 32.1. The summed E-state index contributed by atoms with van der Waals surface area (Å²) in [5, 5.41) is 7.08. The first-order valence-corrected chi connectivity index (χ1v) is 9.13. The number of nitrogens with one attached hydrogen (secondary N) is 2. The summed E-state index contributed by atoms with van der Waals surface area (Å²) in [5.41, 5.74) is 4.82. The second-order valence-electron chi connectivity index (χ2n) is 6.83. The van der Waals surface area contributed by atoms with Gasteiger partial charge in [0, 0.05) is 5.69 Å². The minimum absolute atomic E-state index is 0.108. The Morgan fingerprint density at radius 3 is 2.28 bits per heavy atom. The third kappa shape index (κ3) is 6.05. The average Bonchev–Trinajstić information content (AvgIpc) is 2.56. The lowest BCUT2D eigenvalue weighted by molar-refractivity contribution is 0.287. The lowest BCUT2D eigenvalue weighted by atomic mass is 10.0. The largest absolute Gasteiger partial charge is 0.491 e. The van der Waals surface area contributed by atoms with Crippen LogP contribution >= 0.6 is 12.2 Å². The molecule has 0 aromatic heterocycles. The van der Waals surface area contributed by atoms with Crippen LogP contribution in [0.3, 0.4) is 0 Å². The highest BCUT2D eigenvalue weighted by Gasteiger charge is 2.07. The molecule has 134 valence electrons. The monoisotopic (exact) mass is 356 g/mol. The molecule has 0 spiro atoms. The molecule has 4 heteroatoms. The molecule has 1 atom stereocenters. The van der Waals surface area contributed by atoms with Crippen molar-refractivity contribution in [2.24, 2.45) is 0 Å². The van der Waals surface area contributed by atoms with Crippen LogP contribution in [0.4, 0.5) is 5.69 Å². The summed E-state index contributed by atoms with van der Waals surface area (Å²) in [4.78, 5) is 0. The van der Waals surface area contributed by atoms with Crippen molar-refractivity contribution in [3.8, 4) is 5.75 Å². The molecule has 2 aromatic carbocycles. The van der Waals surface area contributed by atoms with Crippen LogP contribution in [-0.2, 0) is 0 Å². The van der Waals surface area contributed by atoms with E-state index >= 15 is 0 Å². The van der Waals surface area contributed by atoms with Crippen molar-refractivity contribution in [2.75, 3.05) is 11.9 Å². The van der Waals surface area contributed by atoms with Gasteiger partial charge in [0.05, 0.1) is 6.04 Å². The molecule has 0 heterocycles. The summed E-state index contributed by atoms with van der Waals surface area (Å²) in [6.07, 6.45) is 0. The minimum atomic E-state index is 0.108. The van der Waals surface area contributed by atoms with Crippen LogP contribution in [0.5, 0.6) is 5.75 Å². The predicted molar refractivity (Wildman–Crippen MR) is 111 cm³/mol. The van der Waals surface area contributed by atoms with E-state index in [1.165, 1.54) is 16.7 Å². The number of hydrogen-bond acceptors (Lipinski definition) is 2. The third-order valence-electron chi connectivity index (χ3n) is 4.19. The topological polar surface area (TPSA) is 33.3 Å². The molecule has 0 radical (unpaired) electrons. The van der Waals surface area contributed by atoms with Crippen LogP contribution in [0.2, 0.25) is 0 Å². The standard InChI is InChI=1S/C21H28N2OS/c1-14(2)18-7-9-19(10-8-18)23-21(25)22-17(5)13-24-20-11-6-15(3)16(4)12-20/h6-12,14,17H,13H2,1-5H3,(H2,22,23,25). The molecule has 0 saturated heterocycles. The van der Waals surface area contributed by atoms with Crippen LogP contribution < -0.4 is 15.4 Å². The Morgan fingerprint density at radius 2 is 1.68 bits per heavy atom. The van der Waals surface area contributed by atoms with E-state index in [9.17, 15) is 0 Å². The van der Waals surface area contributed by atoms with Gasteiger partial charge in [0.15, 0.2) is 5.11 Å². The van der Waals surface area contributed by atoms with Crippen LogP contribution in [0.1, 0.15) is 43.4 Å². The molecular weight excluding hydrogens is 328 g/mol. The van der Waals surface area contributed by atoms with Crippen molar-refractivity contribution in [2.45, 2.75) is 46.6 Å². The Kier molecular flexibility index (Phi) is 6.82. The molecule has 2 aromatic rings. The van der Waals surface area contributed by atoms with Gasteiger partial charge in [-0.25, -0.2) is 0 Å². The van der Waals surface area contributed by atoms with Crippen molar-refractivity contribution < 1.29 is 4.74 Å². The van der Waals surface area contributed by atoms with Crippen molar-refractivity contribution in [3.05, 3.63) is 59.2 Å². The number of anilines is 1. The van der Waals surface area contributed by atoms with Gasteiger partial charge in [-0.3, -0.25) is 0 Å². The van der Waals surface area contributed by atoms with Crippen LogP contribution in [0, 0.1) is 13.8 Å². The summed E-state index contributed by atoms with van der Waals surface area (Å²) < 4.78 is 5.85. The van der Waals surface area contributed by atoms with Gasteiger partial charge in [-0.1, -0.05) is 32.0 Å². The molecule has 0 bridgehead atoms. The smallest absolute Gasteiger partial charge is 0.171 e. The lowest BCUT2D eigenvalue weighted by Crippen LogP contribution is -2.39. The summed E-state index contributed by atoms with van der Waals surface area (Å²) in [7, 11) is 0. The Morgan fingerprint density at radius 1 is 1.00 bits per heavy atom. The van der Waals surface area contributed by atoms with Gasteiger partial charge in [-0.05, 0) is 79.9 Å². The Hall–Kier alpha value is -2.07. The number of thiocarbonyl (C=S) groups is 1. The number of aryl methyl sites for hydroxylation is 2. The van der Waals surface area contributed by atoms with Crippen LogP contribution in [-0.4, -0.2) is 17.8 Å². The fourth-order valence-electron chi connectivity index (χ4n) is 2.41. The fourth-order valence-corrected chi connectivity index (χ4v) is 2.73. The predicted octanol–water partition coefficient (Wildman–Crippen LogP) is 5.18. The van der Waals surface area contributed by atoms with E-state index in [-0.39, 0.29) is 6.04 Å². The second-order valence-corrected chi connectivity index (χ2v) is 7.24. The third-order valence-corrected chi connectivity index (χ3v) is 4.41. The van der Waals surface area contributed by atoms with Gasteiger partial charge in [-0.2, -0.15) is 0 Å². The highest BCUT2D eigenvalue weighted by molar-refractivity contribution is 7.80. The zero-order valence-corrected chi connectivity index (χ0v) is 16.5. The van der Waals surface area contributed by atoms with Crippen molar-refractivity contribution in [1.82, 2.24) is 5.32 Å². The summed E-state index contributed by atoms with van der Waals surface area (Å²) in [6.45, 7) is 11.2. The number of hydrogen-bond donors (Lipinski definition) is 2. The van der Waals surface area contributed by atoms with E-state index in [1.807, 2.05) is 6.07 Å². The summed E-state index contributed by atoms with van der Waals surface area (Å²) in [6, 6.07) is 14.6. The number of benzene rings is 2. The molecule has 2 rings (SSSR count). The first-order chi connectivity index (χ1) is 11.8. The molecule has 1 unspecified atom stereocenters. The Labute approximate surface area is 156 Å². The van der Waals surface area contributed by atoms with Gasteiger partial charge >= 0.3 is 0 Å². The van der Waals surface area contributed by atoms with Gasteiger partial charge in [0.2, 0.25) is 0 Å². The fraction of sp³-hybridized carbons (Fsp3) is 0.381. The second kappa shape index (κ2) is 8.86. The molecule has 3 nitrogen and oxygen atoms in total. The first-order valence-electron chi connectivity index (χ1n) is 8.72. The molecule has 0 amide bonds. The lowest BCUT2D eigenvalue weighted by Gasteiger charge is -2.18. The van der Waals surface area contributed by atoms with E-state index in [4.69, 9.17) is 17.0 Å². The molecule has 0 aliphatic heterocycles. The summed E-state index contributed by atoms with van der Waals surface area (Å²) in [5.74, 6) is 1.42. The molecular formula is C21H28N2OS. The van der Waals surface area contributed by atoms with Crippen molar-refractivity contribution >= 4 is 23.0 Å². The molecule has 25 heavy (non-hydrogen) atoms. The normalized spacial score (nSPS) is 11.9. The maximum absolute atomic E-state index is 5.85. The Bertz CT molecular complexity index is 710. The maximum atomic E-state index is 5.85. The van der Waals surface area contributed by atoms with Crippen molar-refractivity contribution in [3.63, 3.8) is 0 Å². The zero-order valence-electron chi connectivity index (χ0n) is 15.7. The molecule has 0 saturated carbocycles. The van der Waals surface area contributed by atoms with Gasteiger partial charge in [0.25, 0.3) is 0 Å². The van der Waals surface area contributed by atoms with Crippen LogP contribution in [0.15, 0.2) is 42.5 Å². The van der Waals surface area contributed by atoms with E-state index in [2.05, 4.69) is 81.7 Å². The SMILES string of the molecule is Cc1ccc(OCC(C)NC(=S)Nc2ccc(C(C)C)cc2)cc1C. The van der Waals surface area contributed by atoms with E-state index in [0.717, 1.165) is 11.4 Å². The van der Waals surface area contributed by atoms with Gasteiger partial charge < -0.3 is 15.4 Å². The van der Waals surface area contributed by atoms with E-state index in [1.54, 1.807) is 0 Å². The molecule has 0 aliphatic carbocycles.